The first-order valence-corrected chi connectivity index (χ1v) is 10.4. The summed E-state index contributed by atoms with van der Waals surface area (Å²) in [6.07, 6.45) is 0.772. The zero-order chi connectivity index (χ0) is 17.9. The van der Waals surface area contributed by atoms with Gasteiger partial charge in [0.05, 0.1) is 0 Å². The number of thiophene rings is 1. The molecule has 1 aliphatic rings. The molecule has 25 heavy (non-hydrogen) atoms. The number of aryl methyl sites for hydroxylation is 1. The van der Waals surface area contributed by atoms with Crippen molar-refractivity contribution in [3.8, 4) is 5.75 Å². The summed E-state index contributed by atoms with van der Waals surface area (Å²) in [5.74, 6) is 0.179. The van der Waals surface area contributed by atoms with Crippen molar-refractivity contribution in [3.63, 3.8) is 0 Å². The van der Waals surface area contributed by atoms with Crippen LogP contribution in [0.2, 0.25) is 0 Å². The van der Waals surface area contributed by atoms with Crippen LogP contribution in [0.1, 0.15) is 12.0 Å². The van der Waals surface area contributed by atoms with E-state index in [-0.39, 0.29) is 11.7 Å². The number of sulfonamides is 1. The predicted molar refractivity (Wildman–Crippen MR) is 96.1 cm³/mol. The van der Waals surface area contributed by atoms with E-state index in [2.05, 4.69) is 0 Å². The lowest BCUT2D eigenvalue weighted by Gasteiger charge is -2.33. The fourth-order valence-corrected chi connectivity index (χ4v) is 5.40. The number of aromatic hydroxyl groups is 1. The summed E-state index contributed by atoms with van der Waals surface area (Å²) in [6.45, 7) is 1.40. The summed E-state index contributed by atoms with van der Waals surface area (Å²) in [5.41, 5.74) is 0.745. The minimum atomic E-state index is -3.45. The van der Waals surface area contributed by atoms with Gasteiger partial charge in [-0.1, -0.05) is 24.3 Å². The molecule has 8 heteroatoms. The Hall–Kier alpha value is -1.90. The largest absolute Gasteiger partial charge is 0.508 e. The molecule has 3 rings (SSSR count). The third-order valence-corrected chi connectivity index (χ3v) is 7.55. The molecule has 134 valence electrons. The molecule has 1 saturated heterocycles. The highest BCUT2D eigenvalue weighted by Gasteiger charge is 2.30. The highest BCUT2D eigenvalue weighted by molar-refractivity contribution is 7.91. The van der Waals surface area contributed by atoms with Crippen molar-refractivity contribution < 1.29 is 18.3 Å². The molecule has 2 aromatic rings. The summed E-state index contributed by atoms with van der Waals surface area (Å²) in [7, 11) is -3.45. The molecule has 0 bridgehead atoms. The lowest BCUT2D eigenvalue weighted by Crippen LogP contribution is -2.50. The van der Waals surface area contributed by atoms with Gasteiger partial charge in [-0.2, -0.15) is 4.31 Å². The fourth-order valence-electron chi connectivity index (χ4n) is 2.84. The Balaban J connectivity index is 1.54. The topological polar surface area (TPSA) is 77.9 Å². The molecule has 0 unspecified atom stereocenters. The maximum atomic E-state index is 12.5. The number of benzene rings is 1. The molecule has 0 atom stereocenters. The van der Waals surface area contributed by atoms with E-state index in [1.54, 1.807) is 40.6 Å². The first-order chi connectivity index (χ1) is 12.0. The van der Waals surface area contributed by atoms with E-state index in [0.29, 0.717) is 43.2 Å². The number of carbonyl (C=O) groups excluding carboxylic acids is 1. The first-order valence-electron chi connectivity index (χ1n) is 8.07. The van der Waals surface area contributed by atoms with Gasteiger partial charge in [-0.3, -0.25) is 4.79 Å². The average Bonchev–Trinajstić information content (AvgIpc) is 3.16. The van der Waals surface area contributed by atoms with E-state index in [9.17, 15) is 18.3 Å². The summed E-state index contributed by atoms with van der Waals surface area (Å²) in [4.78, 5) is 14.0. The highest BCUT2D eigenvalue weighted by Crippen LogP contribution is 2.22. The van der Waals surface area contributed by atoms with E-state index >= 15 is 0 Å². The number of carbonyl (C=O) groups is 1. The van der Waals surface area contributed by atoms with Crippen LogP contribution in [-0.2, 0) is 21.2 Å². The van der Waals surface area contributed by atoms with Crippen molar-refractivity contribution >= 4 is 27.3 Å². The summed E-state index contributed by atoms with van der Waals surface area (Å²) in [6, 6.07) is 10.3. The molecule has 0 aliphatic carbocycles. The molecule has 2 heterocycles. The second-order valence-corrected chi connectivity index (χ2v) is 8.96. The molecule has 0 radical (unpaired) electrons. The fraction of sp³-hybridized carbons (Fsp3) is 0.353. The maximum Gasteiger partial charge on any atom is 0.252 e. The Bertz CT molecular complexity index is 826. The number of nitrogens with zero attached hydrogens (tertiary/aromatic N) is 2. The molecule has 1 N–H and O–H groups in total. The molecule has 1 aliphatic heterocycles. The van der Waals surface area contributed by atoms with Gasteiger partial charge in [0.25, 0.3) is 10.0 Å². The van der Waals surface area contributed by atoms with Gasteiger partial charge in [0.2, 0.25) is 5.91 Å². The second kappa shape index (κ2) is 7.55. The minimum Gasteiger partial charge on any atom is -0.508 e. The number of phenols is 1. The number of piperazine rings is 1. The van der Waals surface area contributed by atoms with Crippen LogP contribution in [0.5, 0.6) is 5.75 Å². The smallest absolute Gasteiger partial charge is 0.252 e. The van der Waals surface area contributed by atoms with Crippen molar-refractivity contribution in [1.82, 2.24) is 9.21 Å². The second-order valence-electron chi connectivity index (χ2n) is 5.85. The van der Waals surface area contributed by atoms with Gasteiger partial charge in [0.1, 0.15) is 9.96 Å². The molecule has 6 nitrogen and oxygen atoms in total. The van der Waals surface area contributed by atoms with Gasteiger partial charge in [-0.25, -0.2) is 8.42 Å². The molecule has 1 fully saturated rings. The van der Waals surface area contributed by atoms with Crippen LogP contribution in [0.25, 0.3) is 0 Å². The third kappa shape index (κ3) is 4.02. The Kier molecular flexibility index (Phi) is 5.41. The van der Waals surface area contributed by atoms with Crippen molar-refractivity contribution in [2.45, 2.75) is 17.1 Å². The van der Waals surface area contributed by atoms with Gasteiger partial charge in [0, 0.05) is 32.6 Å². The third-order valence-electron chi connectivity index (χ3n) is 4.28. The van der Waals surface area contributed by atoms with Gasteiger partial charge >= 0.3 is 0 Å². The number of phenolic OH excluding ortho intramolecular Hbond substituents is 1. The lowest BCUT2D eigenvalue weighted by molar-refractivity contribution is -0.132. The summed E-state index contributed by atoms with van der Waals surface area (Å²) < 4.78 is 26.7. The quantitative estimate of drug-likeness (QED) is 0.860. The zero-order valence-electron chi connectivity index (χ0n) is 13.7. The number of rotatable bonds is 5. The number of hydrogen-bond donors (Lipinski definition) is 1. The van der Waals surface area contributed by atoms with E-state index in [4.69, 9.17) is 0 Å². The van der Waals surface area contributed by atoms with E-state index in [1.165, 1.54) is 15.6 Å². The zero-order valence-corrected chi connectivity index (χ0v) is 15.3. The summed E-state index contributed by atoms with van der Waals surface area (Å²) in [5, 5.41) is 11.5. The van der Waals surface area contributed by atoms with Crippen molar-refractivity contribution in [3.05, 3.63) is 47.3 Å². The Morgan fingerprint density at radius 3 is 2.44 bits per heavy atom. The maximum absolute atomic E-state index is 12.5. The van der Waals surface area contributed by atoms with Crippen molar-refractivity contribution in [2.24, 2.45) is 0 Å². The molecule has 1 aromatic carbocycles. The Morgan fingerprint density at radius 1 is 1.08 bits per heavy atom. The average molecular weight is 380 g/mol. The number of para-hydroxylation sites is 1. The first kappa shape index (κ1) is 17.9. The van der Waals surface area contributed by atoms with Gasteiger partial charge in [-0.15, -0.1) is 11.3 Å². The number of hydrogen-bond acceptors (Lipinski definition) is 5. The lowest BCUT2D eigenvalue weighted by atomic mass is 10.1. The van der Waals surface area contributed by atoms with E-state index < -0.39 is 10.0 Å². The highest BCUT2D eigenvalue weighted by atomic mass is 32.2. The SMILES string of the molecule is O=C(CCc1ccccc1O)N1CCN(S(=O)(=O)c2cccs2)CC1. The molecule has 1 amide bonds. The monoisotopic (exact) mass is 380 g/mol. The molecular weight excluding hydrogens is 360 g/mol. The van der Waals surface area contributed by atoms with Crippen LogP contribution in [0.15, 0.2) is 46.0 Å². The van der Waals surface area contributed by atoms with Crippen LogP contribution < -0.4 is 0 Å². The van der Waals surface area contributed by atoms with E-state index in [0.717, 1.165) is 5.56 Å². The Labute approximate surface area is 151 Å². The molecule has 0 spiro atoms. The number of amides is 1. The van der Waals surface area contributed by atoms with Crippen molar-refractivity contribution in [1.29, 1.82) is 0 Å². The Morgan fingerprint density at radius 2 is 1.80 bits per heavy atom. The standard InChI is InChI=1S/C17H20N2O4S2/c20-15-5-2-1-4-14(15)7-8-16(21)18-9-11-19(12-10-18)25(22,23)17-6-3-13-24-17/h1-6,13,20H,7-12H2. The van der Waals surface area contributed by atoms with Gasteiger partial charge in [-0.05, 0) is 29.5 Å². The van der Waals surface area contributed by atoms with Gasteiger partial charge in [0.15, 0.2) is 0 Å². The summed E-state index contributed by atoms with van der Waals surface area (Å²) >= 11 is 1.20. The van der Waals surface area contributed by atoms with Crippen LogP contribution >= 0.6 is 11.3 Å². The normalized spacial score (nSPS) is 16.1. The molecule has 0 saturated carbocycles. The van der Waals surface area contributed by atoms with E-state index in [1.807, 2.05) is 6.07 Å². The van der Waals surface area contributed by atoms with Crippen molar-refractivity contribution in [2.75, 3.05) is 26.2 Å². The molecule has 1 aromatic heterocycles. The van der Waals surface area contributed by atoms with Crippen LogP contribution in [0, 0.1) is 0 Å². The van der Waals surface area contributed by atoms with Crippen LogP contribution in [-0.4, -0.2) is 54.8 Å². The predicted octanol–water partition coefficient (Wildman–Crippen LogP) is 1.92. The van der Waals surface area contributed by atoms with Crippen LogP contribution in [0.3, 0.4) is 0 Å². The van der Waals surface area contributed by atoms with Crippen LogP contribution in [0.4, 0.5) is 0 Å². The van der Waals surface area contributed by atoms with Gasteiger partial charge < -0.3 is 10.0 Å². The molecular formula is C17H20N2O4S2. The minimum absolute atomic E-state index is 0.0172.